The molecule has 14 heavy (non-hydrogen) atoms. The maximum absolute atomic E-state index is 5.86. The van der Waals surface area contributed by atoms with E-state index in [0.29, 0.717) is 5.92 Å². The van der Waals surface area contributed by atoms with Crippen molar-refractivity contribution in [3.63, 3.8) is 0 Å². The highest BCUT2D eigenvalue weighted by molar-refractivity contribution is 6.34. The van der Waals surface area contributed by atoms with Crippen LogP contribution >= 0.6 is 0 Å². The van der Waals surface area contributed by atoms with Gasteiger partial charge in [0, 0.05) is 12.8 Å². The molecule has 0 saturated heterocycles. The lowest BCUT2D eigenvalue weighted by Crippen LogP contribution is -2.17. The molecule has 0 aliphatic rings. The highest BCUT2D eigenvalue weighted by Crippen LogP contribution is 2.12. The maximum atomic E-state index is 5.86. The Morgan fingerprint density at radius 1 is 1.36 bits per heavy atom. The fourth-order valence-electron chi connectivity index (χ4n) is 1.62. The van der Waals surface area contributed by atoms with Crippen molar-refractivity contribution in [2.24, 2.45) is 10.9 Å². The Balaban J connectivity index is 3.25. The summed E-state index contributed by atoms with van der Waals surface area (Å²) < 4.78 is 0. The molecule has 0 fully saturated rings. The van der Waals surface area contributed by atoms with Gasteiger partial charge in [-0.05, 0) is 24.0 Å². The van der Waals surface area contributed by atoms with Gasteiger partial charge >= 0.3 is 0 Å². The monoisotopic (exact) mass is 185 g/mol. The second-order valence-electron chi connectivity index (χ2n) is 3.78. The molecule has 0 saturated carbocycles. The van der Waals surface area contributed by atoms with Crippen LogP contribution < -0.4 is 5.46 Å². The van der Waals surface area contributed by atoms with E-state index in [1.165, 1.54) is 5.56 Å². The summed E-state index contributed by atoms with van der Waals surface area (Å²) in [7, 11) is 7.69. The molecule has 0 aromatic heterocycles. The van der Waals surface area contributed by atoms with Crippen molar-refractivity contribution >= 4 is 19.0 Å². The van der Waals surface area contributed by atoms with Crippen LogP contribution in [-0.4, -0.2) is 20.6 Å². The van der Waals surface area contributed by atoms with Gasteiger partial charge in [-0.3, -0.25) is 4.99 Å². The first-order valence-corrected chi connectivity index (χ1v) is 4.90. The average Bonchev–Trinajstić information content (AvgIpc) is 2.13. The summed E-state index contributed by atoms with van der Waals surface area (Å²) in [6, 6.07) is 5.98. The predicted octanol–water partition coefficient (Wildman–Crippen LogP) is 1.86. The number of rotatable bonds is 2. The molecule has 0 amide bonds. The first kappa shape index (κ1) is 11.0. The molecule has 72 valence electrons. The van der Waals surface area contributed by atoms with E-state index in [0.717, 1.165) is 16.7 Å². The van der Waals surface area contributed by atoms with Crippen LogP contribution in [0.1, 0.15) is 25.0 Å². The summed E-state index contributed by atoms with van der Waals surface area (Å²) in [6.45, 7) is 6.33. The van der Waals surface area contributed by atoms with Gasteiger partial charge < -0.3 is 0 Å². The third-order valence-corrected chi connectivity index (χ3v) is 2.44. The molecular formula is C12H16BN. The van der Waals surface area contributed by atoms with Crippen LogP contribution in [0.5, 0.6) is 0 Å². The molecule has 1 nitrogen and oxygen atoms in total. The standard InChI is InChI=1S/C12H16BN/c1-8(2)12(14-4)10-6-5-7-11(13)9(10)3/h5-8H,1-4H3. The maximum Gasteiger partial charge on any atom is 0.114 e. The van der Waals surface area contributed by atoms with Crippen molar-refractivity contribution in [3.8, 4) is 0 Å². The van der Waals surface area contributed by atoms with Gasteiger partial charge in [-0.2, -0.15) is 0 Å². The van der Waals surface area contributed by atoms with E-state index in [4.69, 9.17) is 7.85 Å². The molecule has 1 aromatic carbocycles. The summed E-state index contributed by atoms with van der Waals surface area (Å²) >= 11 is 0. The van der Waals surface area contributed by atoms with Crippen molar-refractivity contribution in [2.75, 3.05) is 7.05 Å². The molecule has 0 N–H and O–H groups in total. The molecule has 0 atom stereocenters. The quantitative estimate of drug-likeness (QED) is 0.492. The smallest absolute Gasteiger partial charge is 0.114 e. The van der Waals surface area contributed by atoms with Crippen LogP contribution in [0.3, 0.4) is 0 Å². The molecule has 0 heterocycles. The van der Waals surface area contributed by atoms with Crippen LogP contribution in [-0.2, 0) is 0 Å². The number of hydrogen-bond acceptors (Lipinski definition) is 1. The highest BCUT2D eigenvalue weighted by atomic mass is 14.7. The Morgan fingerprint density at radius 3 is 2.50 bits per heavy atom. The fourth-order valence-corrected chi connectivity index (χ4v) is 1.62. The minimum absolute atomic E-state index is 0.431. The van der Waals surface area contributed by atoms with Gasteiger partial charge in [-0.25, -0.2) is 0 Å². The van der Waals surface area contributed by atoms with Crippen molar-refractivity contribution in [2.45, 2.75) is 20.8 Å². The molecule has 1 aromatic rings. The van der Waals surface area contributed by atoms with E-state index in [9.17, 15) is 0 Å². The minimum Gasteiger partial charge on any atom is -0.292 e. The lowest BCUT2D eigenvalue weighted by Gasteiger charge is -2.14. The van der Waals surface area contributed by atoms with Crippen molar-refractivity contribution < 1.29 is 0 Å². The van der Waals surface area contributed by atoms with E-state index in [1.54, 1.807) is 0 Å². The third-order valence-electron chi connectivity index (χ3n) is 2.44. The molecule has 2 radical (unpaired) electrons. The van der Waals surface area contributed by atoms with Gasteiger partial charge in [-0.1, -0.05) is 37.5 Å². The van der Waals surface area contributed by atoms with E-state index < -0.39 is 0 Å². The largest absolute Gasteiger partial charge is 0.292 e. The average molecular weight is 185 g/mol. The molecule has 2 heteroatoms. The lowest BCUT2D eigenvalue weighted by molar-refractivity contribution is 0.881. The Hall–Kier alpha value is -1.05. The Labute approximate surface area is 87.7 Å². The van der Waals surface area contributed by atoms with Crippen molar-refractivity contribution in [1.29, 1.82) is 0 Å². The number of benzene rings is 1. The van der Waals surface area contributed by atoms with Crippen molar-refractivity contribution in [3.05, 3.63) is 29.3 Å². The molecule has 0 aliphatic carbocycles. The summed E-state index contributed by atoms with van der Waals surface area (Å²) in [5.41, 5.74) is 4.25. The zero-order valence-electron chi connectivity index (χ0n) is 9.33. The Kier molecular flexibility index (Phi) is 3.51. The Morgan fingerprint density at radius 2 is 2.00 bits per heavy atom. The summed E-state index contributed by atoms with van der Waals surface area (Å²) in [5.74, 6) is 0.431. The zero-order valence-corrected chi connectivity index (χ0v) is 9.33. The summed E-state index contributed by atoms with van der Waals surface area (Å²) in [5, 5.41) is 0. The van der Waals surface area contributed by atoms with Crippen LogP contribution in [0, 0.1) is 12.8 Å². The van der Waals surface area contributed by atoms with Crippen LogP contribution in [0.25, 0.3) is 0 Å². The van der Waals surface area contributed by atoms with Crippen LogP contribution in [0.2, 0.25) is 0 Å². The van der Waals surface area contributed by atoms with Crippen LogP contribution in [0.4, 0.5) is 0 Å². The van der Waals surface area contributed by atoms with Gasteiger partial charge in [0.05, 0.1) is 0 Å². The van der Waals surface area contributed by atoms with Gasteiger partial charge in [-0.15, -0.1) is 0 Å². The molecule has 0 bridgehead atoms. The molecule has 0 unspecified atom stereocenters. The second kappa shape index (κ2) is 4.45. The number of nitrogens with zero attached hydrogens (tertiary/aromatic N) is 1. The number of hydrogen-bond donors (Lipinski definition) is 0. The van der Waals surface area contributed by atoms with E-state index in [-0.39, 0.29) is 0 Å². The fraction of sp³-hybridized carbons (Fsp3) is 0.417. The SMILES string of the molecule is [B]c1cccc(C(=NC)C(C)C)c1C. The van der Waals surface area contributed by atoms with Gasteiger partial charge in [0.15, 0.2) is 0 Å². The van der Waals surface area contributed by atoms with E-state index in [2.05, 4.69) is 24.9 Å². The van der Waals surface area contributed by atoms with Crippen LogP contribution in [0.15, 0.2) is 23.2 Å². The molecule has 1 rings (SSSR count). The summed E-state index contributed by atoms with van der Waals surface area (Å²) in [4.78, 5) is 4.32. The van der Waals surface area contributed by atoms with Crippen molar-refractivity contribution in [1.82, 2.24) is 0 Å². The molecule has 0 aliphatic heterocycles. The molecular weight excluding hydrogens is 169 g/mol. The third kappa shape index (κ3) is 2.06. The van der Waals surface area contributed by atoms with E-state index >= 15 is 0 Å². The lowest BCUT2D eigenvalue weighted by atomic mass is 9.85. The van der Waals surface area contributed by atoms with Gasteiger partial charge in [0.2, 0.25) is 0 Å². The first-order valence-electron chi connectivity index (χ1n) is 4.90. The normalized spacial score (nSPS) is 12.2. The second-order valence-corrected chi connectivity index (χ2v) is 3.78. The van der Waals surface area contributed by atoms with Gasteiger partial charge in [0.25, 0.3) is 0 Å². The zero-order chi connectivity index (χ0) is 10.7. The molecule has 0 spiro atoms. The van der Waals surface area contributed by atoms with E-state index in [1.807, 2.05) is 26.1 Å². The first-order chi connectivity index (χ1) is 6.57. The summed E-state index contributed by atoms with van der Waals surface area (Å²) in [6.07, 6.45) is 0. The number of aliphatic imine (C=N–C) groups is 1. The topological polar surface area (TPSA) is 12.4 Å². The predicted molar refractivity (Wildman–Crippen MR) is 63.9 cm³/mol. The van der Waals surface area contributed by atoms with Gasteiger partial charge in [0.1, 0.15) is 7.85 Å². The Bertz CT molecular complexity index is 353. The minimum atomic E-state index is 0.431. The highest BCUT2D eigenvalue weighted by Gasteiger charge is 2.10.